The van der Waals surface area contributed by atoms with Crippen molar-refractivity contribution in [3.63, 3.8) is 0 Å². The number of amides is 2. The van der Waals surface area contributed by atoms with Gasteiger partial charge in [-0.15, -0.1) is 0 Å². The molecule has 3 aliphatic heterocycles. The molecule has 1 unspecified atom stereocenters. The third-order valence-electron chi connectivity index (χ3n) is 7.79. The van der Waals surface area contributed by atoms with Crippen molar-refractivity contribution in [3.05, 3.63) is 29.8 Å². The Morgan fingerprint density at radius 2 is 1.76 bits per heavy atom. The Bertz CT molecular complexity index is 778. The number of likely N-dealkylation sites (tertiary alicyclic amines) is 2. The minimum Gasteiger partial charge on any atom is -0.480 e. The zero-order chi connectivity index (χ0) is 19.8. The molecular weight excluding hydrogens is 364 g/mol. The predicted octanol–water partition coefficient (Wildman–Crippen LogP) is 3.55. The van der Waals surface area contributed by atoms with Gasteiger partial charge in [-0.05, 0) is 62.0 Å². The molecule has 0 N–H and O–H groups in total. The largest absolute Gasteiger partial charge is 0.480 e. The lowest BCUT2D eigenvalue weighted by atomic mass is 9.72. The molecule has 156 valence electrons. The zero-order valence-electron chi connectivity index (χ0n) is 17.3. The van der Waals surface area contributed by atoms with E-state index in [1.165, 1.54) is 31.2 Å². The van der Waals surface area contributed by atoms with Crippen LogP contribution in [0.15, 0.2) is 24.3 Å². The van der Waals surface area contributed by atoms with Gasteiger partial charge < -0.3 is 14.5 Å². The van der Waals surface area contributed by atoms with Gasteiger partial charge in [0.1, 0.15) is 5.75 Å². The molecule has 1 atom stereocenters. The van der Waals surface area contributed by atoms with Crippen LogP contribution in [0.5, 0.6) is 5.75 Å². The second kappa shape index (κ2) is 7.66. The quantitative estimate of drug-likeness (QED) is 0.768. The normalized spacial score (nSPS) is 27.0. The summed E-state index contributed by atoms with van der Waals surface area (Å²) in [6.07, 6.45) is 9.89. The van der Waals surface area contributed by atoms with Gasteiger partial charge in [-0.25, -0.2) is 0 Å². The van der Waals surface area contributed by atoms with E-state index in [1.807, 2.05) is 23.1 Å². The molecule has 1 aromatic rings. The van der Waals surface area contributed by atoms with Crippen molar-refractivity contribution < 1.29 is 14.3 Å². The Morgan fingerprint density at radius 1 is 1.00 bits per heavy atom. The number of aryl methyl sites for hydroxylation is 1. The van der Waals surface area contributed by atoms with Crippen LogP contribution in [-0.2, 0) is 16.0 Å². The lowest BCUT2D eigenvalue weighted by Crippen LogP contribution is -2.55. The molecule has 0 bridgehead atoms. The lowest BCUT2D eigenvalue weighted by Gasteiger charge is -2.49. The van der Waals surface area contributed by atoms with Gasteiger partial charge >= 0.3 is 0 Å². The third-order valence-corrected chi connectivity index (χ3v) is 7.79. The Morgan fingerprint density at radius 3 is 2.55 bits per heavy atom. The van der Waals surface area contributed by atoms with E-state index in [2.05, 4.69) is 11.0 Å². The van der Waals surface area contributed by atoms with Crippen molar-refractivity contribution in [2.45, 2.75) is 76.4 Å². The summed E-state index contributed by atoms with van der Waals surface area (Å²) < 4.78 is 6.04. The Labute approximate surface area is 173 Å². The second-order valence-corrected chi connectivity index (χ2v) is 9.54. The number of para-hydroxylation sites is 1. The van der Waals surface area contributed by atoms with Gasteiger partial charge in [0.25, 0.3) is 5.91 Å². The van der Waals surface area contributed by atoms with Gasteiger partial charge in [0.2, 0.25) is 5.91 Å². The molecule has 3 fully saturated rings. The summed E-state index contributed by atoms with van der Waals surface area (Å²) in [5, 5.41) is 0. The van der Waals surface area contributed by atoms with E-state index in [1.54, 1.807) is 0 Å². The fourth-order valence-corrected chi connectivity index (χ4v) is 5.90. The highest BCUT2D eigenvalue weighted by Gasteiger charge is 2.44. The summed E-state index contributed by atoms with van der Waals surface area (Å²) >= 11 is 0. The number of rotatable bonds is 2. The molecule has 0 aromatic heterocycles. The first-order valence-electron chi connectivity index (χ1n) is 11.5. The minimum atomic E-state index is -0.345. The van der Waals surface area contributed by atoms with Crippen molar-refractivity contribution in [1.29, 1.82) is 0 Å². The molecule has 1 aliphatic carbocycles. The molecule has 4 aliphatic rings. The summed E-state index contributed by atoms with van der Waals surface area (Å²) in [4.78, 5) is 29.8. The summed E-state index contributed by atoms with van der Waals surface area (Å²) in [5.41, 5.74) is 1.42. The monoisotopic (exact) mass is 396 g/mol. The first-order valence-corrected chi connectivity index (χ1v) is 11.5. The van der Waals surface area contributed by atoms with E-state index >= 15 is 0 Å². The number of carbonyl (C=O) groups is 2. The maximum atomic E-state index is 13.1. The number of hydrogen-bond donors (Lipinski definition) is 0. The molecule has 5 rings (SSSR count). The van der Waals surface area contributed by atoms with Crippen LogP contribution >= 0.6 is 0 Å². The fourth-order valence-electron chi connectivity index (χ4n) is 5.90. The highest BCUT2D eigenvalue weighted by Crippen LogP contribution is 2.42. The molecule has 3 heterocycles. The van der Waals surface area contributed by atoms with Gasteiger partial charge in [0, 0.05) is 32.1 Å². The van der Waals surface area contributed by atoms with Gasteiger partial charge in [-0.2, -0.15) is 0 Å². The molecule has 5 nitrogen and oxygen atoms in total. The van der Waals surface area contributed by atoms with Crippen molar-refractivity contribution in [3.8, 4) is 5.75 Å². The number of carbonyl (C=O) groups excluding carboxylic acids is 2. The topological polar surface area (TPSA) is 49.9 Å². The second-order valence-electron chi connectivity index (χ2n) is 9.54. The van der Waals surface area contributed by atoms with Crippen LogP contribution in [0.2, 0.25) is 0 Å². The summed E-state index contributed by atoms with van der Waals surface area (Å²) in [5.74, 6) is 1.37. The molecule has 5 heteroatoms. The highest BCUT2D eigenvalue weighted by molar-refractivity contribution is 5.82. The molecule has 2 amide bonds. The van der Waals surface area contributed by atoms with Crippen molar-refractivity contribution in [2.24, 2.45) is 5.41 Å². The fraction of sp³-hybridized carbons (Fsp3) is 0.667. The number of ether oxygens (including phenoxy) is 1. The maximum Gasteiger partial charge on any atom is 0.263 e. The number of piperidine rings is 2. The summed E-state index contributed by atoms with van der Waals surface area (Å²) in [6.45, 7) is 2.51. The molecular formula is C24H32N2O3. The van der Waals surface area contributed by atoms with Crippen molar-refractivity contribution in [1.82, 2.24) is 9.80 Å². The SMILES string of the molecule is O=C(C1CCc2ccccc2O1)N1CCC2(CCC(=O)N(C3CCCC3)C2)CC1. The number of fused-ring (bicyclic) bond motifs is 1. The first-order chi connectivity index (χ1) is 14.1. The van der Waals surface area contributed by atoms with E-state index in [4.69, 9.17) is 4.74 Å². The average molecular weight is 397 g/mol. The smallest absolute Gasteiger partial charge is 0.263 e. The van der Waals surface area contributed by atoms with Gasteiger partial charge in [-0.1, -0.05) is 31.0 Å². The van der Waals surface area contributed by atoms with Gasteiger partial charge in [-0.3, -0.25) is 9.59 Å². The zero-order valence-corrected chi connectivity index (χ0v) is 17.3. The summed E-state index contributed by atoms with van der Waals surface area (Å²) in [7, 11) is 0. The Balaban J connectivity index is 1.20. The lowest BCUT2D eigenvalue weighted by molar-refractivity contribution is -0.148. The van der Waals surface area contributed by atoms with E-state index < -0.39 is 0 Å². The van der Waals surface area contributed by atoms with Crippen LogP contribution in [0.1, 0.15) is 63.4 Å². The Hall–Kier alpha value is -2.04. The molecule has 2 saturated heterocycles. The summed E-state index contributed by atoms with van der Waals surface area (Å²) in [6, 6.07) is 8.52. The van der Waals surface area contributed by atoms with Crippen molar-refractivity contribution in [2.75, 3.05) is 19.6 Å². The molecule has 1 spiro atoms. The van der Waals surface area contributed by atoms with Gasteiger partial charge in [0.05, 0.1) is 0 Å². The van der Waals surface area contributed by atoms with Crippen LogP contribution in [0.3, 0.4) is 0 Å². The van der Waals surface area contributed by atoms with Crippen LogP contribution in [0, 0.1) is 5.41 Å². The highest BCUT2D eigenvalue weighted by atomic mass is 16.5. The van der Waals surface area contributed by atoms with Crippen LogP contribution in [0.4, 0.5) is 0 Å². The molecule has 29 heavy (non-hydrogen) atoms. The van der Waals surface area contributed by atoms with Crippen LogP contribution < -0.4 is 4.74 Å². The van der Waals surface area contributed by atoms with Crippen molar-refractivity contribution >= 4 is 11.8 Å². The minimum absolute atomic E-state index is 0.147. The third kappa shape index (κ3) is 3.64. The molecule has 1 aromatic carbocycles. The Kier molecular flexibility index (Phi) is 5.00. The van der Waals surface area contributed by atoms with Crippen LogP contribution in [0.25, 0.3) is 0 Å². The van der Waals surface area contributed by atoms with Crippen LogP contribution in [-0.4, -0.2) is 53.4 Å². The van der Waals surface area contributed by atoms with E-state index in [-0.39, 0.29) is 17.4 Å². The maximum absolute atomic E-state index is 13.1. The number of benzene rings is 1. The van der Waals surface area contributed by atoms with E-state index in [9.17, 15) is 9.59 Å². The average Bonchev–Trinajstić information content (AvgIpc) is 3.30. The first kappa shape index (κ1) is 19.0. The number of hydrogen-bond acceptors (Lipinski definition) is 3. The van der Waals surface area contributed by atoms with E-state index in [0.717, 1.165) is 57.5 Å². The molecule has 0 radical (unpaired) electrons. The molecule has 1 saturated carbocycles. The predicted molar refractivity (Wildman–Crippen MR) is 111 cm³/mol. The number of nitrogens with zero attached hydrogens (tertiary/aromatic N) is 2. The van der Waals surface area contributed by atoms with E-state index in [0.29, 0.717) is 18.4 Å². The van der Waals surface area contributed by atoms with Gasteiger partial charge in [0.15, 0.2) is 6.10 Å². The standard InChI is InChI=1S/C24H32N2O3/c27-22-11-12-24(17-26(22)19-6-2-3-7-19)13-15-25(16-14-24)23(28)21-10-9-18-5-1-4-8-20(18)29-21/h1,4-5,8,19,21H,2-3,6-7,9-17H2.